The van der Waals surface area contributed by atoms with Crippen LogP contribution in [0.1, 0.15) is 16.7 Å². The first-order chi connectivity index (χ1) is 8.71. The number of benzene rings is 2. The van der Waals surface area contributed by atoms with Gasteiger partial charge in [0.15, 0.2) is 0 Å². The van der Waals surface area contributed by atoms with E-state index in [4.69, 9.17) is 4.74 Å². The van der Waals surface area contributed by atoms with Crippen LogP contribution < -0.4 is 4.74 Å². The molecule has 0 amide bonds. The second-order valence-corrected chi connectivity index (χ2v) is 4.88. The second kappa shape index (κ2) is 4.14. The third kappa shape index (κ3) is 1.79. The summed E-state index contributed by atoms with van der Waals surface area (Å²) in [7, 11) is 1.65. The summed E-state index contributed by atoms with van der Waals surface area (Å²) in [5.41, 5.74) is 2.68. The minimum absolute atomic E-state index is 0.690. The summed E-state index contributed by atoms with van der Waals surface area (Å²) >= 11 is 0. The maximum absolute atomic E-state index is 10.8. The molecule has 2 aromatic carbocycles. The third-order valence-corrected chi connectivity index (χ3v) is 3.71. The van der Waals surface area contributed by atoms with Gasteiger partial charge in [-0.15, -0.1) is 0 Å². The predicted molar refractivity (Wildman–Crippen MR) is 70.7 cm³/mol. The number of hydrogen-bond donors (Lipinski definition) is 1. The molecule has 18 heavy (non-hydrogen) atoms. The van der Waals surface area contributed by atoms with Gasteiger partial charge < -0.3 is 9.84 Å². The molecule has 0 bridgehead atoms. The number of fused-ring (bicyclic) bond motifs is 1. The lowest BCUT2D eigenvalue weighted by Crippen LogP contribution is -2.25. The van der Waals surface area contributed by atoms with E-state index in [9.17, 15) is 5.11 Å². The molecule has 1 aliphatic rings. The van der Waals surface area contributed by atoms with Crippen LogP contribution in [0.25, 0.3) is 0 Å². The van der Waals surface area contributed by atoms with Crippen LogP contribution in [0.4, 0.5) is 0 Å². The standard InChI is InChI=1S/C16H16O2/c1-18-15-8-6-14(7-9-15)16(17)10-12-4-2-3-5-13(12)11-16/h2-9,17H,10-11H2,1H3. The molecule has 2 heteroatoms. The summed E-state index contributed by atoms with van der Waals surface area (Å²) in [5.74, 6) is 0.817. The molecule has 2 nitrogen and oxygen atoms in total. The number of methoxy groups -OCH3 is 1. The second-order valence-electron chi connectivity index (χ2n) is 4.88. The van der Waals surface area contributed by atoms with Crippen molar-refractivity contribution in [3.8, 4) is 5.75 Å². The average molecular weight is 240 g/mol. The van der Waals surface area contributed by atoms with Crippen molar-refractivity contribution in [2.24, 2.45) is 0 Å². The zero-order valence-corrected chi connectivity index (χ0v) is 10.4. The van der Waals surface area contributed by atoms with Crippen LogP contribution in [-0.4, -0.2) is 12.2 Å². The monoisotopic (exact) mass is 240 g/mol. The number of hydrogen-bond acceptors (Lipinski definition) is 2. The van der Waals surface area contributed by atoms with E-state index >= 15 is 0 Å². The van der Waals surface area contributed by atoms with Gasteiger partial charge in [0.2, 0.25) is 0 Å². The van der Waals surface area contributed by atoms with E-state index in [0.29, 0.717) is 12.8 Å². The minimum atomic E-state index is -0.768. The highest BCUT2D eigenvalue weighted by Crippen LogP contribution is 2.37. The van der Waals surface area contributed by atoms with Crippen molar-refractivity contribution in [2.75, 3.05) is 7.11 Å². The van der Waals surface area contributed by atoms with Crippen LogP contribution in [0.2, 0.25) is 0 Å². The highest BCUT2D eigenvalue weighted by molar-refractivity contribution is 5.41. The zero-order chi connectivity index (χ0) is 12.6. The van der Waals surface area contributed by atoms with Crippen LogP contribution in [0, 0.1) is 0 Å². The molecule has 0 radical (unpaired) electrons. The first-order valence-corrected chi connectivity index (χ1v) is 6.15. The van der Waals surface area contributed by atoms with Gasteiger partial charge in [0.05, 0.1) is 12.7 Å². The Morgan fingerprint density at radius 2 is 1.50 bits per heavy atom. The fourth-order valence-electron chi connectivity index (χ4n) is 2.70. The van der Waals surface area contributed by atoms with E-state index in [0.717, 1.165) is 11.3 Å². The molecule has 0 spiro atoms. The first-order valence-electron chi connectivity index (χ1n) is 6.15. The van der Waals surface area contributed by atoms with Gasteiger partial charge in [0, 0.05) is 12.8 Å². The Hall–Kier alpha value is -1.80. The van der Waals surface area contributed by atoms with Crippen molar-refractivity contribution in [3.63, 3.8) is 0 Å². The van der Waals surface area contributed by atoms with Gasteiger partial charge in [-0.05, 0) is 28.8 Å². The highest BCUT2D eigenvalue weighted by Gasteiger charge is 2.36. The molecule has 0 aliphatic heterocycles. The smallest absolute Gasteiger partial charge is 0.118 e. The number of rotatable bonds is 2. The zero-order valence-electron chi connectivity index (χ0n) is 10.4. The van der Waals surface area contributed by atoms with Crippen LogP contribution in [0.3, 0.4) is 0 Å². The van der Waals surface area contributed by atoms with Crippen LogP contribution in [0.15, 0.2) is 48.5 Å². The molecule has 0 aromatic heterocycles. The van der Waals surface area contributed by atoms with Gasteiger partial charge >= 0.3 is 0 Å². The van der Waals surface area contributed by atoms with Crippen LogP contribution >= 0.6 is 0 Å². The van der Waals surface area contributed by atoms with Crippen molar-refractivity contribution < 1.29 is 9.84 Å². The minimum Gasteiger partial charge on any atom is -0.497 e. The molecular formula is C16H16O2. The predicted octanol–water partition coefficient (Wildman–Crippen LogP) is 2.68. The Labute approximate surface area is 107 Å². The van der Waals surface area contributed by atoms with Gasteiger partial charge in [-0.1, -0.05) is 36.4 Å². The van der Waals surface area contributed by atoms with Crippen LogP contribution in [0.5, 0.6) is 5.75 Å². The molecule has 0 saturated heterocycles. The molecule has 0 atom stereocenters. The van der Waals surface area contributed by atoms with E-state index in [-0.39, 0.29) is 0 Å². The highest BCUT2D eigenvalue weighted by atomic mass is 16.5. The van der Waals surface area contributed by atoms with E-state index in [1.54, 1.807) is 7.11 Å². The quantitative estimate of drug-likeness (QED) is 0.874. The number of ether oxygens (including phenoxy) is 1. The topological polar surface area (TPSA) is 29.5 Å². The molecule has 0 saturated carbocycles. The average Bonchev–Trinajstić information content (AvgIpc) is 2.76. The summed E-state index contributed by atoms with van der Waals surface area (Å²) in [5, 5.41) is 10.8. The molecule has 0 unspecified atom stereocenters. The lowest BCUT2D eigenvalue weighted by Gasteiger charge is -2.23. The largest absolute Gasteiger partial charge is 0.497 e. The molecule has 1 aliphatic carbocycles. The van der Waals surface area contributed by atoms with Crippen molar-refractivity contribution in [1.82, 2.24) is 0 Å². The van der Waals surface area contributed by atoms with Crippen LogP contribution in [-0.2, 0) is 18.4 Å². The summed E-state index contributed by atoms with van der Waals surface area (Å²) in [6, 6.07) is 15.9. The van der Waals surface area contributed by atoms with Crippen molar-refractivity contribution >= 4 is 0 Å². The Balaban J connectivity index is 1.93. The first kappa shape index (κ1) is 11.3. The third-order valence-electron chi connectivity index (χ3n) is 3.71. The van der Waals surface area contributed by atoms with E-state index in [1.807, 2.05) is 36.4 Å². The molecular weight excluding hydrogens is 224 g/mol. The molecule has 0 heterocycles. The Bertz CT molecular complexity index is 533. The SMILES string of the molecule is COc1ccc(C2(O)Cc3ccccc3C2)cc1. The molecule has 2 aromatic rings. The van der Waals surface area contributed by atoms with Crippen molar-refractivity contribution in [1.29, 1.82) is 0 Å². The van der Waals surface area contributed by atoms with E-state index in [2.05, 4.69) is 12.1 Å². The normalized spacial score (nSPS) is 16.3. The van der Waals surface area contributed by atoms with Gasteiger partial charge in [-0.2, -0.15) is 0 Å². The lowest BCUT2D eigenvalue weighted by atomic mass is 9.91. The number of aliphatic hydroxyl groups is 1. The Morgan fingerprint density at radius 3 is 2.00 bits per heavy atom. The van der Waals surface area contributed by atoms with Gasteiger partial charge in [-0.3, -0.25) is 0 Å². The van der Waals surface area contributed by atoms with Gasteiger partial charge in [0.25, 0.3) is 0 Å². The van der Waals surface area contributed by atoms with Gasteiger partial charge in [0.1, 0.15) is 5.75 Å². The fraction of sp³-hybridized carbons (Fsp3) is 0.250. The summed E-state index contributed by atoms with van der Waals surface area (Å²) in [4.78, 5) is 0. The summed E-state index contributed by atoms with van der Waals surface area (Å²) in [6.45, 7) is 0. The molecule has 92 valence electrons. The van der Waals surface area contributed by atoms with E-state index in [1.165, 1.54) is 11.1 Å². The lowest BCUT2D eigenvalue weighted by molar-refractivity contribution is 0.0482. The Morgan fingerprint density at radius 1 is 0.944 bits per heavy atom. The van der Waals surface area contributed by atoms with Crippen molar-refractivity contribution in [3.05, 3.63) is 65.2 Å². The maximum atomic E-state index is 10.8. The van der Waals surface area contributed by atoms with Gasteiger partial charge in [-0.25, -0.2) is 0 Å². The molecule has 3 rings (SSSR count). The summed E-state index contributed by atoms with van der Waals surface area (Å²) in [6.07, 6.45) is 1.38. The van der Waals surface area contributed by atoms with Crippen molar-refractivity contribution in [2.45, 2.75) is 18.4 Å². The Kier molecular flexibility index (Phi) is 2.60. The molecule has 0 fully saturated rings. The van der Waals surface area contributed by atoms with E-state index < -0.39 is 5.60 Å². The molecule has 1 N–H and O–H groups in total. The maximum Gasteiger partial charge on any atom is 0.118 e. The summed E-state index contributed by atoms with van der Waals surface area (Å²) < 4.78 is 5.14. The fourth-order valence-corrected chi connectivity index (χ4v) is 2.70.